The molecule has 0 fully saturated rings. The summed E-state index contributed by atoms with van der Waals surface area (Å²) in [5.74, 6) is -0.0691. The average molecular weight is 306 g/mol. The number of phosphoric ester groups is 2. The zero-order valence-electron chi connectivity index (χ0n) is 10.3. The molecule has 4 N–H and O–H groups in total. The molecule has 0 heterocycles. The van der Waals surface area contributed by atoms with Crippen LogP contribution in [0, 0.1) is 5.92 Å². The largest absolute Gasteiger partial charge is 0.469 e. The molecule has 0 aromatic heterocycles. The van der Waals surface area contributed by atoms with Crippen LogP contribution in [0.5, 0.6) is 0 Å². The number of hydrogen-bond donors (Lipinski definition) is 4. The Morgan fingerprint density at radius 3 is 1.94 bits per heavy atom. The standard InChI is InChI=1S/C8H20O8P2/c1-7(2)8(16-18(12,13)14)5-3-4-6-15-17(9,10)11/h7-8H,3-6H2,1-2H3,(H2,9,10,11)(H2,12,13,14). The smallest absolute Gasteiger partial charge is 0.303 e. The van der Waals surface area contributed by atoms with Crippen LogP contribution in [0.4, 0.5) is 0 Å². The first-order chi connectivity index (χ1) is 8.01. The van der Waals surface area contributed by atoms with Crippen LogP contribution >= 0.6 is 15.6 Å². The van der Waals surface area contributed by atoms with Crippen molar-refractivity contribution in [3.63, 3.8) is 0 Å². The third kappa shape index (κ3) is 11.3. The summed E-state index contributed by atoms with van der Waals surface area (Å²) in [5, 5.41) is 0. The molecule has 0 saturated carbocycles. The topological polar surface area (TPSA) is 134 Å². The Balaban J connectivity index is 3.92. The molecule has 1 unspecified atom stereocenters. The molecule has 10 heteroatoms. The van der Waals surface area contributed by atoms with Crippen molar-refractivity contribution in [1.82, 2.24) is 0 Å². The zero-order valence-corrected chi connectivity index (χ0v) is 12.1. The van der Waals surface area contributed by atoms with E-state index >= 15 is 0 Å². The predicted octanol–water partition coefficient (Wildman–Crippen LogP) is 1.40. The molecule has 110 valence electrons. The number of rotatable bonds is 9. The van der Waals surface area contributed by atoms with Crippen molar-refractivity contribution in [1.29, 1.82) is 0 Å². The highest BCUT2D eigenvalue weighted by atomic mass is 31.2. The molecule has 8 nitrogen and oxygen atoms in total. The Kier molecular flexibility index (Phi) is 7.82. The van der Waals surface area contributed by atoms with Crippen LogP contribution < -0.4 is 0 Å². The fourth-order valence-electron chi connectivity index (χ4n) is 1.32. The molecule has 0 aliphatic carbocycles. The third-order valence-corrected chi connectivity index (χ3v) is 3.22. The maximum Gasteiger partial charge on any atom is 0.469 e. The summed E-state index contributed by atoms with van der Waals surface area (Å²) in [6, 6.07) is 0. The first kappa shape index (κ1) is 18.2. The number of phosphoric acid groups is 2. The molecule has 1 atom stereocenters. The highest BCUT2D eigenvalue weighted by Gasteiger charge is 2.24. The fourth-order valence-corrected chi connectivity index (χ4v) is 2.38. The van der Waals surface area contributed by atoms with Crippen LogP contribution in [0.15, 0.2) is 0 Å². The van der Waals surface area contributed by atoms with Crippen LogP contribution in [0.1, 0.15) is 33.1 Å². The summed E-state index contributed by atoms with van der Waals surface area (Å²) in [5.41, 5.74) is 0. The Morgan fingerprint density at radius 1 is 1.00 bits per heavy atom. The van der Waals surface area contributed by atoms with Crippen LogP contribution in [0.2, 0.25) is 0 Å². The molecule has 0 bridgehead atoms. The maximum absolute atomic E-state index is 10.7. The van der Waals surface area contributed by atoms with E-state index in [4.69, 9.17) is 19.6 Å². The molecule has 0 amide bonds. The van der Waals surface area contributed by atoms with Gasteiger partial charge in [-0.25, -0.2) is 9.13 Å². The molecule has 0 aliphatic rings. The predicted molar refractivity (Wildman–Crippen MR) is 63.6 cm³/mol. The molecular formula is C8H20O8P2. The number of unbranched alkanes of at least 4 members (excludes halogenated alkanes) is 1. The summed E-state index contributed by atoms with van der Waals surface area (Å²) in [4.78, 5) is 34.3. The van der Waals surface area contributed by atoms with Gasteiger partial charge in [-0.3, -0.25) is 9.05 Å². The highest BCUT2D eigenvalue weighted by Crippen LogP contribution is 2.40. The monoisotopic (exact) mass is 306 g/mol. The van der Waals surface area contributed by atoms with E-state index < -0.39 is 21.7 Å². The van der Waals surface area contributed by atoms with Crippen molar-refractivity contribution >= 4 is 15.6 Å². The summed E-state index contributed by atoms with van der Waals surface area (Å²) in [6.07, 6.45) is 0.649. The van der Waals surface area contributed by atoms with Crippen LogP contribution in [0.25, 0.3) is 0 Å². The first-order valence-electron chi connectivity index (χ1n) is 5.45. The van der Waals surface area contributed by atoms with Crippen LogP contribution in [-0.2, 0) is 18.2 Å². The van der Waals surface area contributed by atoms with E-state index in [0.29, 0.717) is 19.3 Å². The third-order valence-electron chi connectivity index (χ3n) is 2.16. The molecule has 0 radical (unpaired) electrons. The maximum atomic E-state index is 10.7. The Morgan fingerprint density at radius 2 is 1.56 bits per heavy atom. The van der Waals surface area contributed by atoms with E-state index in [2.05, 4.69) is 9.05 Å². The first-order valence-corrected chi connectivity index (χ1v) is 8.51. The molecule has 0 spiro atoms. The van der Waals surface area contributed by atoms with Gasteiger partial charge in [0.1, 0.15) is 0 Å². The van der Waals surface area contributed by atoms with Crippen molar-refractivity contribution in [2.75, 3.05) is 6.61 Å². The summed E-state index contributed by atoms with van der Waals surface area (Å²) in [7, 11) is -8.95. The Labute approximate surface area is 106 Å². The van der Waals surface area contributed by atoms with Gasteiger partial charge in [0, 0.05) is 0 Å². The van der Waals surface area contributed by atoms with Crippen LogP contribution in [0.3, 0.4) is 0 Å². The molecular weight excluding hydrogens is 286 g/mol. The van der Waals surface area contributed by atoms with Crippen molar-refractivity contribution in [3.05, 3.63) is 0 Å². The van der Waals surface area contributed by atoms with Crippen molar-refractivity contribution < 1.29 is 37.8 Å². The van der Waals surface area contributed by atoms with Gasteiger partial charge in [0.2, 0.25) is 0 Å². The van der Waals surface area contributed by atoms with Gasteiger partial charge in [-0.2, -0.15) is 0 Å². The van der Waals surface area contributed by atoms with Gasteiger partial charge in [-0.15, -0.1) is 0 Å². The van der Waals surface area contributed by atoms with Gasteiger partial charge in [-0.1, -0.05) is 13.8 Å². The lowest BCUT2D eigenvalue weighted by Gasteiger charge is -2.21. The lowest BCUT2D eigenvalue weighted by Crippen LogP contribution is -2.18. The lowest BCUT2D eigenvalue weighted by molar-refractivity contribution is 0.0899. The minimum atomic E-state index is -4.51. The van der Waals surface area contributed by atoms with E-state index in [-0.39, 0.29) is 12.5 Å². The molecule has 0 aliphatic heterocycles. The van der Waals surface area contributed by atoms with E-state index in [1.165, 1.54) is 0 Å². The van der Waals surface area contributed by atoms with Gasteiger partial charge in [-0.05, 0) is 25.2 Å². The zero-order chi connectivity index (χ0) is 14.4. The van der Waals surface area contributed by atoms with E-state index in [9.17, 15) is 9.13 Å². The van der Waals surface area contributed by atoms with Gasteiger partial charge in [0.05, 0.1) is 12.7 Å². The highest BCUT2D eigenvalue weighted by molar-refractivity contribution is 7.46. The molecule has 0 aromatic rings. The normalized spacial score (nSPS) is 15.1. The second-order valence-electron chi connectivity index (χ2n) is 4.20. The SMILES string of the molecule is CC(C)C(CCCCOP(=O)(O)O)OP(=O)(O)O. The quantitative estimate of drug-likeness (QED) is 0.371. The van der Waals surface area contributed by atoms with Crippen molar-refractivity contribution in [2.24, 2.45) is 5.92 Å². The van der Waals surface area contributed by atoms with Crippen molar-refractivity contribution in [2.45, 2.75) is 39.2 Å². The fraction of sp³-hybridized carbons (Fsp3) is 1.00. The van der Waals surface area contributed by atoms with E-state index in [0.717, 1.165) is 0 Å². The molecule has 18 heavy (non-hydrogen) atoms. The average Bonchev–Trinajstić information content (AvgIpc) is 2.11. The Bertz CT molecular complexity index is 319. The van der Waals surface area contributed by atoms with Gasteiger partial charge >= 0.3 is 15.6 Å². The summed E-state index contributed by atoms with van der Waals surface area (Å²) in [6.45, 7) is 3.43. The molecule has 0 rings (SSSR count). The second kappa shape index (κ2) is 7.72. The summed E-state index contributed by atoms with van der Waals surface area (Å²) >= 11 is 0. The van der Waals surface area contributed by atoms with Gasteiger partial charge < -0.3 is 19.6 Å². The summed E-state index contributed by atoms with van der Waals surface area (Å²) < 4.78 is 29.9. The van der Waals surface area contributed by atoms with Crippen LogP contribution in [-0.4, -0.2) is 32.3 Å². The van der Waals surface area contributed by atoms with Gasteiger partial charge in [0.15, 0.2) is 0 Å². The molecule has 0 aromatic carbocycles. The lowest BCUT2D eigenvalue weighted by atomic mass is 10.0. The van der Waals surface area contributed by atoms with Crippen molar-refractivity contribution in [3.8, 4) is 0 Å². The Hall–Kier alpha value is 0.220. The second-order valence-corrected chi connectivity index (χ2v) is 6.63. The van der Waals surface area contributed by atoms with E-state index in [1.54, 1.807) is 13.8 Å². The minimum absolute atomic E-state index is 0.0691. The molecule has 0 saturated heterocycles. The van der Waals surface area contributed by atoms with Gasteiger partial charge in [0.25, 0.3) is 0 Å². The number of hydrogen-bond acceptors (Lipinski definition) is 4. The van der Waals surface area contributed by atoms with E-state index in [1.807, 2.05) is 0 Å². The minimum Gasteiger partial charge on any atom is -0.303 e.